The lowest BCUT2D eigenvalue weighted by Gasteiger charge is -2.18. The summed E-state index contributed by atoms with van der Waals surface area (Å²) in [7, 11) is -2.25. The van der Waals surface area contributed by atoms with Crippen LogP contribution in [-0.2, 0) is 6.18 Å². The van der Waals surface area contributed by atoms with Crippen LogP contribution >= 0.6 is 0 Å². The van der Waals surface area contributed by atoms with Crippen LogP contribution in [0.4, 0.5) is 13.2 Å². The van der Waals surface area contributed by atoms with Gasteiger partial charge in [0.15, 0.2) is 0 Å². The Morgan fingerprint density at radius 1 is 1.12 bits per heavy atom. The highest BCUT2D eigenvalue weighted by atomic mass is 28.3. The van der Waals surface area contributed by atoms with Crippen molar-refractivity contribution in [3.8, 4) is 0 Å². The van der Waals surface area contributed by atoms with Crippen LogP contribution in [-0.4, -0.2) is 13.5 Å². The molecule has 0 amide bonds. The molecule has 0 saturated heterocycles. The van der Waals surface area contributed by atoms with E-state index in [1.54, 1.807) is 19.6 Å². The van der Waals surface area contributed by atoms with Gasteiger partial charge < -0.3 is 4.79 Å². The molecule has 0 unspecified atom stereocenters. The van der Waals surface area contributed by atoms with E-state index in [0.29, 0.717) is 0 Å². The van der Waals surface area contributed by atoms with Gasteiger partial charge in [-0.1, -0.05) is 37.8 Å². The third-order valence-electron chi connectivity index (χ3n) is 2.16. The molecule has 0 atom stereocenters. The number of rotatable bonds is 2. The predicted molar refractivity (Wildman–Crippen MR) is 59.1 cm³/mol. The Morgan fingerprint density at radius 2 is 1.62 bits per heavy atom. The van der Waals surface area contributed by atoms with E-state index in [1.807, 2.05) is 0 Å². The Hall–Kier alpha value is -1.10. The number of carbonyl (C=O) groups is 1. The number of carbonyl (C=O) groups excluding carboxylic acids is 1. The van der Waals surface area contributed by atoms with Gasteiger partial charge in [0, 0.05) is 5.56 Å². The van der Waals surface area contributed by atoms with Crippen LogP contribution in [0.25, 0.3) is 0 Å². The van der Waals surface area contributed by atoms with Gasteiger partial charge >= 0.3 is 6.18 Å². The highest BCUT2D eigenvalue weighted by Gasteiger charge is 2.37. The number of halogens is 3. The molecule has 1 aromatic carbocycles. The molecule has 0 N–H and O–H groups in total. The molecule has 1 nitrogen and oxygen atoms in total. The SMILES string of the molecule is C[Si](C)(C)C(=O)c1ccccc1C(F)(F)F. The Bertz CT molecular complexity index is 404. The summed E-state index contributed by atoms with van der Waals surface area (Å²) in [6, 6.07) is 4.96. The maximum absolute atomic E-state index is 12.7. The van der Waals surface area contributed by atoms with E-state index in [-0.39, 0.29) is 11.0 Å². The van der Waals surface area contributed by atoms with Gasteiger partial charge in [-0.3, -0.25) is 0 Å². The van der Waals surface area contributed by atoms with Gasteiger partial charge in [-0.05, 0) is 6.07 Å². The summed E-state index contributed by atoms with van der Waals surface area (Å²) in [6.07, 6.45) is -4.47. The van der Waals surface area contributed by atoms with Crippen molar-refractivity contribution >= 4 is 13.5 Å². The molecule has 0 aromatic heterocycles. The van der Waals surface area contributed by atoms with Crippen molar-refractivity contribution in [1.29, 1.82) is 0 Å². The number of hydrogen-bond acceptors (Lipinski definition) is 1. The lowest BCUT2D eigenvalue weighted by molar-refractivity contribution is -0.137. The Balaban J connectivity index is 3.31. The fraction of sp³-hybridized carbons (Fsp3) is 0.364. The van der Waals surface area contributed by atoms with Crippen LogP contribution in [0.3, 0.4) is 0 Å². The molecular formula is C11H13F3OSi. The summed E-state index contributed by atoms with van der Waals surface area (Å²) in [4.78, 5) is 11.9. The lowest BCUT2D eigenvalue weighted by Crippen LogP contribution is -2.34. The van der Waals surface area contributed by atoms with E-state index in [9.17, 15) is 18.0 Å². The fourth-order valence-electron chi connectivity index (χ4n) is 1.33. The highest BCUT2D eigenvalue weighted by Crippen LogP contribution is 2.33. The van der Waals surface area contributed by atoms with E-state index < -0.39 is 19.8 Å². The molecule has 0 bridgehead atoms. The van der Waals surface area contributed by atoms with Crippen LogP contribution in [0.15, 0.2) is 24.3 Å². The zero-order valence-corrected chi connectivity index (χ0v) is 10.4. The van der Waals surface area contributed by atoms with Crippen molar-refractivity contribution < 1.29 is 18.0 Å². The molecule has 1 rings (SSSR count). The predicted octanol–water partition coefficient (Wildman–Crippen LogP) is 3.77. The monoisotopic (exact) mass is 246 g/mol. The van der Waals surface area contributed by atoms with E-state index >= 15 is 0 Å². The summed E-state index contributed by atoms with van der Waals surface area (Å²) < 4.78 is 38.0. The molecule has 88 valence electrons. The Kier molecular flexibility index (Phi) is 3.28. The average Bonchev–Trinajstić information content (AvgIpc) is 2.14. The third-order valence-corrected chi connectivity index (χ3v) is 3.79. The van der Waals surface area contributed by atoms with E-state index in [0.717, 1.165) is 6.07 Å². The van der Waals surface area contributed by atoms with Crippen LogP contribution in [0, 0.1) is 0 Å². The molecule has 16 heavy (non-hydrogen) atoms. The van der Waals surface area contributed by atoms with Gasteiger partial charge in [0.25, 0.3) is 0 Å². The molecule has 0 aliphatic carbocycles. The first kappa shape index (κ1) is 13.0. The number of alkyl halides is 3. The third kappa shape index (κ3) is 2.72. The molecule has 0 saturated carbocycles. The molecular weight excluding hydrogens is 233 g/mol. The van der Waals surface area contributed by atoms with Crippen molar-refractivity contribution in [2.75, 3.05) is 0 Å². The lowest BCUT2D eigenvalue weighted by atomic mass is 10.1. The average molecular weight is 246 g/mol. The van der Waals surface area contributed by atoms with Crippen molar-refractivity contribution in [3.05, 3.63) is 35.4 Å². The second-order valence-corrected chi connectivity index (χ2v) is 9.58. The minimum absolute atomic E-state index is 0.200. The first-order chi connectivity index (χ1) is 7.14. The first-order valence-electron chi connectivity index (χ1n) is 4.85. The maximum Gasteiger partial charge on any atom is 0.417 e. The van der Waals surface area contributed by atoms with Crippen LogP contribution in [0.1, 0.15) is 15.9 Å². The van der Waals surface area contributed by atoms with Gasteiger partial charge in [0.05, 0.1) is 5.56 Å². The number of hydrogen-bond donors (Lipinski definition) is 0. The van der Waals surface area contributed by atoms with Crippen LogP contribution in [0.2, 0.25) is 19.6 Å². The Morgan fingerprint density at radius 3 is 2.06 bits per heavy atom. The standard InChI is InChI=1S/C11H13F3OSi/c1-16(2,3)10(15)8-6-4-5-7-9(8)11(12,13)14/h4-7H,1-3H3. The molecule has 1 aromatic rings. The molecule has 0 radical (unpaired) electrons. The molecule has 0 aliphatic heterocycles. The molecule has 5 heteroatoms. The summed E-state index contributed by atoms with van der Waals surface area (Å²) in [5.74, 6) is 0. The smallest absolute Gasteiger partial charge is 0.300 e. The molecule has 0 fully saturated rings. The highest BCUT2D eigenvalue weighted by molar-refractivity contribution is 7.05. The van der Waals surface area contributed by atoms with Gasteiger partial charge in [0.2, 0.25) is 0 Å². The van der Waals surface area contributed by atoms with E-state index in [2.05, 4.69) is 0 Å². The minimum Gasteiger partial charge on any atom is -0.300 e. The maximum atomic E-state index is 12.7. The zero-order valence-electron chi connectivity index (χ0n) is 9.35. The van der Waals surface area contributed by atoms with E-state index in [4.69, 9.17) is 0 Å². The fourth-order valence-corrected chi connectivity index (χ4v) is 2.36. The zero-order chi connectivity index (χ0) is 12.6. The van der Waals surface area contributed by atoms with Crippen molar-refractivity contribution in [2.45, 2.75) is 25.8 Å². The van der Waals surface area contributed by atoms with E-state index in [1.165, 1.54) is 18.2 Å². The van der Waals surface area contributed by atoms with Crippen molar-refractivity contribution in [3.63, 3.8) is 0 Å². The Labute approximate surface area is 93.3 Å². The minimum atomic E-state index is -4.47. The van der Waals surface area contributed by atoms with Crippen molar-refractivity contribution in [1.82, 2.24) is 0 Å². The normalized spacial score (nSPS) is 12.6. The number of benzene rings is 1. The van der Waals surface area contributed by atoms with Gasteiger partial charge in [0.1, 0.15) is 13.5 Å². The second kappa shape index (κ2) is 4.05. The van der Waals surface area contributed by atoms with Gasteiger partial charge in [-0.15, -0.1) is 0 Å². The van der Waals surface area contributed by atoms with Gasteiger partial charge in [-0.25, -0.2) is 0 Å². The van der Waals surface area contributed by atoms with Crippen molar-refractivity contribution in [2.24, 2.45) is 0 Å². The molecule has 0 aliphatic rings. The summed E-state index contributed by atoms with van der Waals surface area (Å²) in [6.45, 7) is 5.22. The first-order valence-corrected chi connectivity index (χ1v) is 8.35. The quantitative estimate of drug-likeness (QED) is 0.726. The topological polar surface area (TPSA) is 17.1 Å². The second-order valence-electron chi connectivity index (χ2n) is 4.62. The summed E-state index contributed by atoms with van der Waals surface area (Å²) >= 11 is 0. The summed E-state index contributed by atoms with van der Waals surface area (Å²) in [5.41, 5.74) is -1.03. The molecule has 0 heterocycles. The summed E-state index contributed by atoms with van der Waals surface area (Å²) in [5, 5.41) is -0.361. The molecule has 0 spiro atoms. The van der Waals surface area contributed by atoms with Crippen LogP contribution < -0.4 is 0 Å². The largest absolute Gasteiger partial charge is 0.417 e. The van der Waals surface area contributed by atoms with Crippen LogP contribution in [0.5, 0.6) is 0 Å². The van der Waals surface area contributed by atoms with Gasteiger partial charge in [-0.2, -0.15) is 13.2 Å².